The van der Waals surface area contributed by atoms with Crippen LogP contribution >= 0.6 is 0 Å². The molecule has 1 aromatic carbocycles. The molecule has 0 bridgehead atoms. The van der Waals surface area contributed by atoms with Crippen LogP contribution < -0.4 is 10.1 Å². The molecule has 4 aromatic rings. The van der Waals surface area contributed by atoms with Gasteiger partial charge < -0.3 is 24.5 Å². The third kappa shape index (κ3) is 5.73. The number of nitrogens with zero attached hydrogens (tertiary/aromatic N) is 6. The number of nitriles is 1. The van der Waals surface area contributed by atoms with E-state index in [1.165, 1.54) is 6.20 Å². The predicted molar refractivity (Wildman–Crippen MR) is 146 cm³/mol. The molecule has 0 unspecified atom stereocenters. The number of benzene rings is 1. The molecule has 2 N–H and O–H groups in total. The molecule has 2 saturated heterocycles. The van der Waals surface area contributed by atoms with Gasteiger partial charge in [-0.3, -0.25) is 9.88 Å². The second-order valence-electron chi connectivity index (χ2n) is 10.1. The fraction of sp³-hybridized carbons (Fsp3) is 0.345. The van der Waals surface area contributed by atoms with E-state index in [0.29, 0.717) is 24.5 Å². The summed E-state index contributed by atoms with van der Waals surface area (Å²) < 4.78 is 13.6. The largest absolute Gasteiger partial charge is 0.478 e. The fourth-order valence-corrected chi connectivity index (χ4v) is 5.06. The number of fused-ring (bicyclic) bond motifs is 1. The van der Waals surface area contributed by atoms with Crippen molar-refractivity contribution in [3.8, 4) is 11.9 Å². The van der Waals surface area contributed by atoms with Crippen LogP contribution in [0.2, 0.25) is 0 Å². The van der Waals surface area contributed by atoms with Gasteiger partial charge >= 0.3 is 5.97 Å². The van der Waals surface area contributed by atoms with Crippen LogP contribution in [-0.4, -0.2) is 67.3 Å². The highest BCUT2D eigenvalue weighted by Gasteiger charge is 2.27. The van der Waals surface area contributed by atoms with Gasteiger partial charge in [-0.1, -0.05) is 6.07 Å². The summed E-state index contributed by atoms with van der Waals surface area (Å²) in [6.07, 6.45) is 3.61. The molecular weight excluding hydrogens is 510 g/mol. The number of nitrogens with one attached hydrogen (secondary N) is 1. The van der Waals surface area contributed by atoms with Crippen molar-refractivity contribution in [3.05, 3.63) is 77.4 Å². The number of imidazole rings is 1. The second-order valence-corrected chi connectivity index (χ2v) is 10.1. The number of aromatic nitrogens is 4. The van der Waals surface area contributed by atoms with Gasteiger partial charge in [-0.15, -0.1) is 0 Å². The summed E-state index contributed by atoms with van der Waals surface area (Å²) in [5, 5.41) is 21.9. The Kier molecular flexibility index (Phi) is 7.27. The highest BCUT2D eigenvalue weighted by molar-refractivity contribution is 5.92. The standard InChI is InChI=1S/C29H29N7O4/c30-13-19-4-6-22(31-14-19)18-40-28-3-1-2-26(34-28)32-21-8-10-35(15-21)17-27-33-24-7-5-20(29(37)38)12-25(24)36(27)16-23-9-11-39-23/h1-7,12,14,21,23H,8-11,15-18H2,(H,32,34)(H,37,38)/t21-,23+/m1/s1. The Bertz CT molecular complexity index is 1560. The summed E-state index contributed by atoms with van der Waals surface area (Å²) in [7, 11) is 0. The number of ether oxygens (including phenoxy) is 2. The maximum absolute atomic E-state index is 11.6. The Hall–Kier alpha value is -4.53. The van der Waals surface area contributed by atoms with Crippen LogP contribution in [0.3, 0.4) is 0 Å². The highest BCUT2D eigenvalue weighted by atomic mass is 16.5. The van der Waals surface area contributed by atoms with Crippen molar-refractivity contribution in [2.75, 3.05) is 25.0 Å². The van der Waals surface area contributed by atoms with Crippen LogP contribution in [0, 0.1) is 11.3 Å². The number of anilines is 1. The number of aromatic carboxylic acids is 1. The van der Waals surface area contributed by atoms with Crippen LogP contribution in [0.4, 0.5) is 5.82 Å². The van der Waals surface area contributed by atoms with Crippen molar-refractivity contribution in [2.24, 2.45) is 0 Å². The molecular formula is C29H29N7O4. The van der Waals surface area contributed by atoms with Crippen molar-refractivity contribution < 1.29 is 19.4 Å². The van der Waals surface area contributed by atoms with E-state index < -0.39 is 5.97 Å². The molecule has 11 nitrogen and oxygen atoms in total. The zero-order valence-corrected chi connectivity index (χ0v) is 21.9. The van der Waals surface area contributed by atoms with Crippen molar-refractivity contribution in [1.29, 1.82) is 5.26 Å². The maximum Gasteiger partial charge on any atom is 0.335 e. The van der Waals surface area contributed by atoms with Crippen molar-refractivity contribution in [1.82, 2.24) is 24.4 Å². The van der Waals surface area contributed by atoms with Crippen LogP contribution in [0.25, 0.3) is 11.0 Å². The molecule has 2 fully saturated rings. The minimum atomic E-state index is -0.946. The van der Waals surface area contributed by atoms with Crippen LogP contribution in [0.1, 0.15) is 40.3 Å². The Balaban J connectivity index is 1.09. The van der Waals surface area contributed by atoms with Gasteiger partial charge in [-0.05, 0) is 49.2 Å². The number of hydrogen-bond donors (Lipinski definition) is 2. The number of likely N-dealkylation sites (tertiary alicyclic amines) is 1. The molecule has 2 atom stereocenters. The summed E-state index contributed by atoms with van der Waals surface area (Å²) in [6.45, 7) is 4.09. The quantitative estimate of drug-likeness (QED) is 0.308. The van der Waals surface area contributed by atoms with Crippen LogP contribution in [0.15, 0.2) is 54.7 Å². The summed E-state index contributed by atoms with van der Waals surface area (Å²) in [5.41, 5.74) is 3.12. The van der Waals surface area contributed by atoms with E-state index in [9.17, 15) is 9.90 Å². The van der Waals surface area contributed by atoms with Gasteiger partial charge in [0.15, 0.2) is 0 Å². The van der Waals surface area contributed by atoms with Crippen molar-refractivity contribution in [3.63, 3.8) is 0 Å². The zero-order valence-electron chi connectivity index (χ0n) is 21.9. The number of hydrogen-bond acceptors (Lipinski definition) is 9. The number of pyridine rings is 2. The Labute approximate surface area is 231 Å². The van der Waals surface area contributed by atoms with Gasteiger partial charge in [0.2, 0.25) is 5.88 Å². The molecule has 6 rings (SSSR count). The number of carbonyl (C=O) groups is 1. The predicted octanol–water partition coefficient (Wildman–Crippen LogP) is 3.45. The van der Waals surface area contributed by atoms with Gasteiger partial charge in [0.1, 0.15) is 24.3 Å². The minimum Gasteiger partial charge on any atom is -0.478 e. The average Bonchev–Trinajstić information content (AvgIpc) is 3.53. The SMILES string of the molecule is N#Cc1ccc(COc2cccc(N[C@@H]3CCN(Cc4nc5ccc(C(=O)O)cc5n4C[C@@H]4CCO4)C3)n2)nc1. The van der Waals surface area contributed by atoms with Gasteiger partial charge in [-0.25, -0.2) is 9.78 Å². The van der Waals surface area contributed by atoms with E-state index in [2.05, 4.69) is 30.8 Å². The minimum absolute atomic E-state index is 0.130. The van der Waals surface area contributed by atoms with Gasteiger partial charge in [-0.2, -0.15) is 10.2 Å². The van der Waals surface area contributed by atoms with E-state index in [4.69, 9.17) is 19.7 Å². The molecule has 2 aliphatic rings. The monoisotopic (exact) mass is 539 g/mol. The number of carboxylic acid groups (broad SMARTS) is 1. The van der Waals surface area contributed by atoms with Crippen LogP contribution in [-0.2, 0) is 24.4 Å². The average molecular weight is 540 g/mol. The van der Waals surface area contributed by atoms with Gasteiger partial charge in [0.05, 0.1) is 47.0 Å². The van der Waals surface area contributed by atoms with Gasteiger partial charge in [0.25, 0.3) is 0 Å². The van der Waals surface area contributed by atoms with E-state index >= 15 is 0 Å². The van der Waals surface area contributed by atoms with E-state index in [0.717, 1.165) is 60.9 Å². The molecule has 0 spiro atoms. The van der Waals surface area contributed by atoms with Gasteiger partial charge in [0, 0.05) is 38.0 Å². The molecule has 5 heterocycles. The summed E-state index contributed by atoms with van der Waals surface area (Å²) >= 11 is 0. The first-order valence-corrected chi connectivity index (χ1v) is 13.3. The van der Waals surface area contributed by atoms with Crippen LogP contribution in [0.5, 0.6) is 5.88 Å². The Morgan fingerprint density at radius 1 is 1.20 bits per heavy atom. The summed E-state index contributed by atoms with van der Waals surface area (Å²) in [4.78, 5) is 27.6. The topological polar surface area (TPSA) is 138 Å². The van der Waals surface area contributed by atoms with Crippen molar-refractivity contribution >= 4 is 22.8 Å². The molecule has 0 aliphatic carbocycles. The second kappa shape index (κ2) is 11.3. The number of carboxylic acids is 1. The van der Waals surface area contributed by atoms with E-state index in [1.807, 2.05) is 18.2 Å². The van der Waals surface area contributed by atoms with Crippen molar-refractivity contribution in [2.45, 2.75) is 44.7 Å². The van der Waals surface area contributed by atoms with E-state index in [-0.39, 0.29) is 24.3 Å². The molecule has 0 saturated carbocycles. The molecule has 3 aromatic heterocycles. The molecule has 204 valence electrons. The van der Waals surface area contributed by atoms with E-state index in [1.54, 1.807) is 30.3 Å². The third-order valence-corrected chi connectivity index (χ3v) is 7.29. The summed E-state index contributed by atoms with van der Waals surface area (Å²) in [5.74, 6) is 1.21. The fourth-order valence-electron chi connectivity index (χ4n) is 5.06. The Morgan fingerprint density at radius 3 is 2.85 bits per heavy atom. The molecule has 0 radical (unpaired) electrons. The highest BCUT2D eigenvalue weighted by Crippen LogP contribution is 2.25. The lowest BCUT2D eigenvalue weighted by Gasteiger charge is -2.28. The maximum atomic E-state index is 11.6. The number of rotatable bonds is 10. The zero-order chi connectivity index (χ0) is 27.5. The first kappa shape index (κ1) is 25.7. The first-order chi connectivity index (χ1) is 19.5. The molecule has 40 heavy (non-hydrogen) atoms. The molecule has 11 heteroatoms. The lowest BCUT2D eigenvalue weighted by Crippen LogP contribution is -2.33. The molecule has 0 amide bonds. The lowest BCUT2D eigenvalue weighted by atomic mass is 10.1. The Morgan fingerprint density at radius 2 is 2.10 bits per heavy atom. The summed E-state index contributed by atoms with van der Waals surface area (Å²) in [6, 6.07) is 16.5. The normalized spacial score (nSPS) is 18.8. The third-order valence-electron chi connectivity index (χ3n) is 7.29. The smallest absolute Gasteiger partial charge is 0.335 e. The lowest BCUT2D eigenvalue weighted by molar-refractivity contribution is -0.0591. The first-order valence-electron chi connectivity index (χ1n) is 13.3. The molecule has 2 aliphatic heterocycles.